The SMILES string of the molecule is [B]c1c([B])c(-c2ccc3ccccc3c2)c([B])c([B])c1Nc1c([B])c([B])c([B])c2c([B])c([B])c([B])c([B])c12. The maximum Gasteiger partial charge on any atom is 0.115 e. The molecule has 5 rings (SSSR count). The summed E-state index contributed by atoms with van der Waals surface area (Å²) in [5.41, 5.74) is 2.96. The summed E-state index contributed by atoms with van der Waals surface area (Å²) in [7, 11) is 69.7. The van der Waals surface area contributed by atoms with E-state index in [0.29, 0.717) is 10.9 Å². The number of rotatable bonds is 3. The molecule has 150 valence electrons. The second-order valence-electron chi connectivity index (χ2n) is 9.11. The van der Waals surface area contributed by atoms with E-state index in [1.54, 1.807) is 0 Å². The summed E-state index contributed by atoms with van der Waals surface area (Å²) in [4.78, 5) is 0. The summed E-state index contributed by atoms with van der Waals surface area (Å²) in [5.74, 6) is 0. The predicted octanol–water partition coefficient (Wildman–Crippen LogP) is -5.86. The summed E-state index contributed by atoms with van der Waals surface area (Å²) < 4.78 is 0. The first-order chi connectivity index (χ1) is 18.0. The minimum absolute atomic E-state index is 0.0566. The van der Waals surface area contributed by atoms with E-state index in [4.69, 9.17) is 86.3 Å². The zero-order chi connectivity index (χ0) is 27.6. The first-order valence-electron chi connectivity index (χ1n) is 11.5. The molecular weight excluding hydrogens is 445 g/mol. The lowest BCUT2D eigenvalue weighted by molar-refractivity contribution is 1.69. The fourth-order valence-electron chi connectivity index (χ4n) is 4.79. The van der Waals surface area contributed by atoms with Crippen LogP contribution in [0.25, 0.3) is 32.7 Å². The minimum atomic E-state index is 0.0566. The van der Waals surface area contributed by atoms with Crippen molar-refractivity contribution in [3.05, 3.63) is 42.5 Å². The maximum atomic E-state index is 6.53. The van der Waals surface area contributed by atoms with Gasteiger partial charge in [0.25, 0.3) is 0 Å². The van der Waals surface area contributed by atoms with Crippen molar-refractivity contribution in [2.45, 2.75) is 0 Å². The zero-order valence-corrected chi connectivity index (χ0v) is 20.4. The normalized spacial score (nSPS) is 11.3. The van der Waals surface area contributed by atoms with Gasteiger partial charge in [-0.05, 0) is 38.7 Å². The molecule has 5 aromatic rings. The number of fused-ring (bicyclic) bond motifs is 2. The zero-order valence-electron chi connectivity index (χ0n) is 20.4. The van der Waals surface area contributed by atoms with E-state index in [1.165, 1.54) is 0 Å². The van der Waals surface area contributed by atoms with E-state index in [9.17, 15) is 0 Å². The third-order valence-corrected chi connectivity index (χ3v) is 6.97. The summed E-state index contributed by atoms with van der Waals surface area (Å²) in [6, 6.07) is 13.7. The van der Waals surface area contributed by atoms with Crippen molar-refractivity contribution >= 4 is 179 Å². The van der Waals surface area contributed by atoms with Crippen molar-refractivity contribution in [1.82, 2.24) is 0 Å². The number of hydrogen-bond acceptors (Lipinski definition) is 1. The number of hydrogen-bond donors (Lipinski definition) is 1. The van der Waals surface area contributed by atoms with Gasteiger partial charge in [0.05, 0.1) is 0 Å². The molecule has 22 radical (unpaired) electrons. The van der Waals surface area contributed by atoms with Crippen LogP contribution in [0.3, 0.4) is 0 Å². The summed E-state index contributed by atoms with van der Waals surface area (Å²) >= 11 is 0. The molecule has 0 spiro atoms. The number of anilines is 2. The number of benzene rings is 5. The molecule has 0 fully saturated rings. The van der Waals surface area contributed by atoms with Crippen LogP contribution in [-0.4, -0.2) is 86.3 Å². The van der Waals surface area contributed by atoms with Gasteiger partial charge in [-0.1, -0.05) is 80.1 Å². The van der Waals surface area contributed by atoms with Gasteiger partial charge < -0.3 is 5.32 Å². The smallest absolute Gasteiger partial charge is 0.115 e. The van der Waals surface area contributed by atoms with Crippen LogP contribution in [0, 0.1) is 0 Å². The third kappa shape index (κ3) is 3.94. The molecule has 0 aliphatic carbocycles. The molecular formula is C26H8B11N. The van der Waals surface area contributed by atoms with Gasteiger partial charge in [-0.2, -0.15) is 0 Å². The molecule has 0 saturated heterocycles. The van der Waals surface area contributed by atoms with Crippen LogP contribution >= 0.6 is 0 Å². The van der Waals surface area contributed by atoms with Crippen molar-refractivity contribution in [3.63, 3.8) is 0 Å². The molecule has 0 atom stereocenters. The molecule has 0 amide bonds. The van der Waals surface area contributed by atoms with Crippen molar-refractivity contribution in [2.24, 2.45) is 0 Å². The van der Waals surface area contributed by atoms with Crippen LogP contribution in [0.15, 0.2) is 42.5 Å². The summed E-state index contributed by atoms with van der Waals surface area (Å²) in [6.07, 6.45) is 0. The van der Waals surface area contributed by atoms with Gasteiger partial charge in [0, 0.05) is 11.4 Å². The maximum absolute atomic E-state index is 6.53. The highest BCUT2D eigenvalue weighted by Gasteiger charge is 2.20. The lowest BCUT2D eigenvalue weighted by atomic mass is 9.59. The van der Waals surface area contributed by atoms with Gasteiger partial charge in [0.2, 0.25) is 0 Å². The first kappa shape index (κ1) is 26.7. The molecule has 0 aromatic heterocycles. The molecule has 0 heterocycles. The largest absolute Gasteiger partial charge is 0.357 e. The van der Waals surface area contributed by atoms with Crippen molar-refractivity contribution in [2.75, 3.05) is 5.32 Å². The fourth-order valence-corrected chi connectivity index (χ4v) is 4.79. The molecule has 38 heavy (non-hydrogen) atoms. The predicted molar refractivity (Wildman–Crippen MR) is 176 cm³/mol. The molecule has 1 N–H and O–H groups in total. The van der Waals surface area contributed by atoms with Gasteiger partial charge in [-0.3, -0.25) is 0 Å². The Balaban J connectivity index is 1.76. The Bertz CT molecular complexity index is 1780. The van der Waals surface area contributed by atoms with E-state index in [0.717, 1.165) is 16.3 Å². The summed E-state index contributed by atoms with van der Waals surface area (Å²) in [5, 5.41) is 5.77. The lowest BCUT2D eigenvalue weighted by Crippen LogP contribution is -2.52. The highest BCUT2D eigenvalue weighted by Crippen LogP contribution is 2.23. The molecule has 0 bridgehead atoms. The second-order valence-corrected chi connectivity index (χ2v) is 9.11. The molecule has 1 nitrogen and oxygen atoms in total. The number of nitrogens with one attached hydrogen (secondary N) is 1. The van der Waals surface area contributed by atoms with Crippen LogP contribution in [0.4, 0.5) is 11.4 Å². The molecule has 0 unspecified atom stereocenters. The van der Waals surface area contributed by atoms with Gasteiger partial charge in [0.15, 0.2) is 0 Å². The highest BCUT2D eigenvalue weighted by atomic mass is 14.9. The molecule has 5 aromatic carbocycles. The highest BCUT2D eigenvalue weighted by molar-refractivity contribution is 6.72. The van der Waals surface area contributed by atoms with Crippen LogP contribution < -0.4 is 65.4 Å². The Hall–Kier alpha value is -2.87. The van der Waals surface area contributed by atoms with Crippen LogP contribution in [0.2, 0.25) is 0 Å². The Kier molecular flexibility index (Phi) is 6.83. The topological polar surface area (TPSA) is 12.0 Å². The molecule has 0 saturated carbocycles. The Morgan fingerprint density at radius 2 is 0.868 bits per heavy atom. The second kappa shape index (κ2) is 9.71. The van der Waals surface area contributed by atoms with E-state index < -0.39 is 0 Å². The van der Waals surface area contributed by atoms with Crippen LogP contribution in [0.5, 0.6) is 0 Å². The van der Waals surface area contributed by atoms with Gasteiger partial charge in [-0.25, -0.2) is 0 Å². The average Bonchev–Trinajstić information content (AvgIpc) is 2.91. The Morgan fingerprint density at radius 3 is 1.45 bits per heavy atom. The van der Waals surface area contributed by atoms with E-state index in [1.807, 2.05) is 42.5 Å². The van der Waals surface area contributed by atoms with Crippen molar-refractivity contribution in [1.29, 1.82) is 0 Å². The van der Waals surface area contributed by atoms with E-state index in [-0.39, 0.29) is 76.9 Å². The average molecular weight is 453 g/mol. The Morgan fingerprint density at radius 1 is 0.395 bits per heavy atom. The molecule has 0 aliphatic heterocycles. The fraction of sp³-hybridized carbons (Fsp3) is 0. The molecule has 12 heteroatoms. The van der Waals surface area contributed by atoms with Crippen LogP contribution in [-0.2, 0) is 0 Å². The van der Waals surface area contributed by atoms with Crippen LogP contribution in [0.1, 0.15) is 0 Å². The van der Waals surface area contributed by atoms with Crippen molar-refractivity contribution < 1.29 is 0 Å². The quantitative estimate of drug-likeness (QED) is 0.269. The molecule has 0 aliphatic rings. The monoisotopic (exact) mass is 455 g/mol. The third-order valence-electron chi connectivity index (χ3n) is 6.97. The lowest BCUT2D eigenvalue weighted by Gasteiger charge is -2.29. The minimum Gasteiger partial charge on any atom is -0.357 e. The van der Waals surface area contributed by atoms with Gasteiger partial charge in [-0.15, -0.1) is 16.4 Å². The van der Waals surface area contributed by atoms with Gasteiger partial charge in [0.1, 0.15) is 86.3 Å². The van der Waals surface area contributed by atoms with E-state index in [2.05, 4.69) is 5.32 Å². The standard InChI is InChI=1S/C26H8B11N/c27-14-11(10-6-5-8-3-1-2-4-9(8)7-10)15(28)23(36)26(22(14)35)38-25-13-12(17(30)21(34)24(25)37)16(29)19(32)20(33)18(13)31/h1-7,38H. The van der Waals surface area contributed by atoms with Gasteiger partial charge >= 0.3 is 0 Å². The first-order valence-corrected chi connectivity index (χ1v) is 11.5. The summed E-state index contributed by atoms with van der Waals surface area (Å²) in [6.45, 7) is 0. The van der Waals surface area contributed by atoms with Crippen molar-refractivity contribution in [3.8, 4) is 11.1 Å². The Labute approximate surface area is 237 Å². The van der Waals surface area contributed by atoms with E-state index >= 15 is 0 Å².